The minimum Gasteiger partial charge on any atom is -0.399 e. The molecule has 0 amide bonds. The first-order valence-corrected chi connectivity index (χ1v) is 5.60. The Morgan fingerprint density at radius 2 is 1.06 bits per heavy atom. The predicted octanol–water partition coefficient (Wildman–Crippen LogP) is 3.04. The van der Waals surface area contributed by atoms with Crippen LogP contribution in [-0.2, 0) is 17.1 Å². The van der Waals surface area contributed by atoms with E-state index in [9.17, 15) is 0 Å². The molecule has 1 aromatic rings. The second kappa shape index (κ2) is 8.61. The molecule has 1 nitrogen and oxygen atoms in total. The van der Waals surface area contributed by atoms with E-state index in [1.165, 1.54) is 11.5 Å². The van der Waals surface area contributed by atoms with Crippen LogP contribution in [0.15, 0.2) is 24.3 Å². The van der Waals surface area contributed by atoms with Gasteiger partial charge >= 0.3 is 17.1 Å². The summed E-state index contributed by atoms with van der Waals surface area (Å²) in [6, 6.07) is 7.90. The maximum Gasteiger partial charge on any atom is 2.00 e. The Kier molecular flexibility index (Phi) is 7.46. The molecule has 2 fully saturated rings. The van der Waals surface area contributed by atoms with Gasteiger partial charge in [0.2, 0.25) is 0 Å². The van der Waals surface area contributed by atoms with Gasteiger partial charge in [-0.2, -0.15) is 0 Å². The van der Waals surface area contributed by atoms with E-state index in [0.717, 1.165) is 5.69 Å². The van der Waals surface area contributed by atoms with E-state index in [1.807, 2.05) is 69.2 Å². The van der Waals surface area contributed by atoms with Crippen molar-refractivity contribution < 1.29 is 17.1 Å². The normalized spacial score (nSPS) is 18.9. The maximum absolute atomic E-state index is 5.58. The summed E-state index contributed by atoms with van der Waals surface area (Å²) in [6.45, 7) is 0. The summed E-state index contributed by atoms with van der Waals surface area (Å²) in [5.41, 5.74) is 7.61. The molecule has 0 saturated heterocycles. The Bertz CT molecular complexity index is 303. The van der Waals surface area contributed by atoms with Crippen LogP contribution in [0.1, 0.15) is 5.56 Å². The fraction of sp³-hybridized carbons (Fsp3) is 0. The second-order valence-corrected chi connectivity index (χ2v) is 3.76. The average Bonchev–Trinajstić information content (AvgIpc) is 3.06. The molecule has 2 heteroatoms. The van der Waals surface area contributed by atoms with Gasteiger partial charge in [0.05, 0.1) is 0 Å². The molecule has 2 saturated carbocycles. The average molecular weight is 277 g/mol. The summed E-state index contributed by atoms with van der Waals surface area (Å²) in [4.78, 5) is 0. The summed E-state index contributed by atoms with van der Waals surface area (Å²) >= 11 is 0. The van der Waals surface area contributed by atoms with Gasteiger partial charge in [-0.3, -0.25) is 0 Å². The minimum absolute atomic E-state index is 0. The van der Waals surface area contributed by atoms with Crippen molar-refractivity contribution in [3.8, 4) is 0 Å². The third-order valence-electron chi connectivity index (χ3n) is 2.46. The zero-order valence-corrected chi connectivity index (χ0v) is 11.0. The van der Waals surface area contributed by atoms with Crippen molar-refractivity contribution in [2.45, 2.75) is 0 Å². The third kappa shape index (κ3) is 5.04. The smallest absolute Gasteiger partial charge is 0.399 e. The molecule has 0 aliphatic heterocycles. The Morgan fingerprint density at radius 1 is 0.611 bits per heavy atom. The second-order valence-electron chi connectivity index (χ2n) is 3.76. The molecule has 2 aliphatic carbocycles. The van der Waals surface area contributed by atoms with Gasteiger partial charge in [-0.15, -0.1) is 0 Å². The van der Waals surface area contributed by atoms with Crippen LogP contribution in [0.4, 0.5) is 5.69 Å². The van der Waals surface area contributed by atoms with E-state index >= 15 is 0 Å². The van der Waals surface area contributed by atoms with Crippen LogP contribution in [0.5, 0.6) is 0 Å². The molecule has 0 heterocycles. The fourth-order valence-electron chi connectivity index (χ4n) is 1.56. The minimum atomic E-state index is 0. The number of hydrogen-bond acceptors (Lipinski definition) is 1. The van der Waals surface area contributed by atoms with Crippen LogP contribution in [0, 0.1) is 63.7 Å². The Morgan fingerprint density at radius 3 is 1.50 bits per heavy atom. The van der Waals surface area contributed by atoms with E-state index < -0.39 is 0 Å². The van der Waals surface area contributed by atoms with Gasteiger partial charge in [-0.25, -0.2) is 0 Å². The number of rotatable bonds is 1. The quantitative estimate of drug-likeness (QED) is 0.619. The molecule has 3 rings (SSSR count). The summed E-state index contributed by atoms with van der Waals surface area (Å²) in [5, 5.41) is 0. The topological polar surface area (TPSA) is 26.0 Å². The first-order valence-electron chi connectivity index (χ1n) is 5.60. The molecule has 0 aromatic heterocycles. The van der Waals surface area contributed by atoms with E-state index in [1.54, 1.807) is 0 Å². The summed E-state index contributed by atoms with van der Waals surface area (Å²) in [6.07, 6.45) is 18.2. The fourth-order valence-corrected chi connectivity index (χ4v) is 1.56. The number of nitrogen functional groups attached to an aromatic ring is 1. The Labute approximate surface area is 122 Å². The van der Waals surface area contributed by atoms with Crippen molar-refractivity contribution in [2.75, 3.05) is 5.73 Å². The van der Waals surface area contributed by atoms with Crippen LogP contribution in [0.25, 0.3) is 0 Å². The summed E-state index contributed by atoms with van der Waals surface area (Å²) in [5.74, 6) is 1.25. The number of anilines is 1. The van der Waals surface area contributed by atoms with E-state index in [0.29, 0.717) is 0 Å². The van der Waals surface area contributed by atoms with Gasteiger partial charge in [-0.05, 0) is 75.5 Å². The zero-order chi connectivity index (χ0) is 11.9. The van der Waals surface area contributed by atoms with Crippen LogP contribution >= 0.6 is 0 Å². The first kappa shape index (κ1) is 15.6. The molecular weight excluding hydrogens is 262 g/mol. The molecule has 0 unspecified atom stereocenters. The van der Waals surface area contributed by atoms with Crippen molar-refractivity contribution >= 4 is 5.69 Å². The molecule has 1 aromatic carbocycles. The van der Waals surface area contributed by atoms with Crippen molar-refractivity contribution in [1.29, 1.82) is 0 Å². The molecule has 10 radical (unpaired) electrons. The first-order chi connectivity index (χ1) is 8.36. The Hall–Kier alpha value is -0.461. The van der Waals surface area contributed by atoms with Crippen molar-refractivity contribution in [1.82, 2.24) is 0 Å². The van der Waals surface area contributed by atoms with Crippen LogP contribution in [0.3, 0.4) is 0 Å². The number of hydrogen-bond donors (Lipinski definition) is 1. The molecular formula is C16H15FeN+2. The van der Waals surface area contributed by atoms with Crippen LogP contribution in [-0.4, -0.2) is 0 Å². The maximum atomic E-state index is 5.58. The van der Waals surface area contributed by atoms with Gasteiger partial charge in [0.1, 0.15) is 0 Å². The van der Waals surface area contributed by atoms with Crippen molar-refractivity contribution in [2.24, 2.45) is 0 Å². The molecule has 90 valence electrons. The van der Waals surface area contributed by atoms with Crippen LogP contribution < -0.4 is 5.73 Å². The standard InChI is InChI=1S/C11H10N.C5H5.Fe/c12-11-7-5-10(6-8-11)9-3-1-2-4-9;1-2-4-5-3-1;/h1-8H,12H2;1-5H;/q;;+2. The van der Waals surface area contributed by atoms with E-state index in [4.69, 9.17) is 5.73 Å². The summed E-state index contributed by atoms with van der Waals surface area (Å²) < 4.78 is 0. The number of benzene rings is 1. The molecule has 2 N–H and O–H groups in total. The summed E-state index contributed by atoms with van der Waals surface area (Å²) in [7, 11) is 0. The third-order valence-corrected chi connectivity index (χ3v) is 2.46. The van der Waals surface area contributed by atoms with Crippen LogP contribution in [0.2, 0.25) is 0 Å². The van der Waals surface area contributed by atoms with Crippen molar-refractivity contribution in [3.05, 3.63) is 93.5 Å². The number of nitrogens with two attached hydrogens (primary N) is 1. The van der Waals surface area contributed by atoms with Gasteiger partial charge in [0.25, 0.3) is 0 Å². The SMILES string of the molecule is Nc1ccc([C]2[CH][CH][CH][CH]2)cc1.[CH]1[CH][CH][CH][CH]1.[Fe+2]. The van der Waals surface area contributed by atoms with Gasteiger partial charge < -0.3 is 5.73 Å². The Balaban J connectivity index is 0.000000230. The molecule has 0 atom stereocenters. The molecule has 0 spiro atoms. The van der Waals surface area contributed by atoms with Crippen molar-refractivity contribution in [3.63, 3.8) is 0 Å². The van der Waals surface area contributed by atoms with Gasteiger partial charge in [0.15, 0.2) is 0 Å². The monoisotopic (exact) mass is 277 g/mol. The van der Waals surface area contributed by atoms with Gasteiger partial charge in [-0.1, -0.05) is 12.1 Å². The molecule has 0 bridgehead atoms. The van der Waals surface area contributed by atoms with E-state index in [-0.39, 0.29) is 17.1 Å². The zero-order valence-electron chi connectivity index (χ0n) is 9.94. The molecule has 2 aliphatic rings. The van der Waals surface area contributed by atoms with E-state index in [2.05, 4.69) is 12.8 Å². The molecule has 18 heavy (non-hydrogen) atoms. The largest absolute Gasteiger partial charge is 2.00 e. The van der Waals surface area contributed by atoms with Gasteiger partial charge in [0, 0.05) is 11.6 Å². The predicted molar refractivity (Wildman–Crippen MR) is 71.9 cm³/mol.